The Morgan fingerprint density at radius 3 is 2.26 bits per heavy atom. The van der Waals surface area contributed by atoms with Crippen molar-refractivity contribution in [2.24, 2.45) is 0 Å². The third kappa shape index (κ3) is 3.65. The molecule has 0 amide bonds. The van der Waals surface area contributed by atoms with Crippen LogP contribution in [0.5, 0.6) is 11.5 Å². The smallest absolute Gasteiger partial charge is 0.162 e. The molecule has 1 aromatic heterocycles. The molecule has 0 aliphatic heterocycles. The first-order valence-electron chi connectivity index (χ1n) is 6.60. The molecule has 3 rings (SSSR count). The quantitative estimate of drug-likeness (QED) is 0.700. The van der Waals surface area contributed by atoms with Crippen LogP contribution in [0.1, 0.15) is 0 Å². The van der Waals surface area contributed by atoms with Gasteiger partial charge in [0.2, 0.25) is 0 Å². The summed E-state index contributed by atoms with van der Waals surface area (Å²) in [7, 11) is 3.21. The van der Waals surface area contributed by atoms with Crippen LogP contribution in [0.3, 0.4) is 0 Å². The lowest BCUT2D eigenvalue weighted by atomic mass is 10.2. The van der Waals surface area contributed by atoms with Crippen molar-refractivity contribution in [3.8, 4) is 11.5 Å². The van der Waals surface area contributed by atoms with Gasteiger partial charge in [0.1, 0.15) is 12.1 Å². The summed E-state index contributed by atoms with van der Waals surface area (Å²) in [6.45, 7) is 0. The summed E-state index contributed by atoms with van der Waals surface area (Å²) in [5.74, 6) is 2.00. The fraction of sp³-hybridized carbons (Fsp3) is 0.125. The molecule has 0 radical (unpaired) electrons. The fourth-order valence-electron chi connectivity index (χ4n) is 2.15. The molecule has 0 spiro atoms. The van der Waals surface area contributed by atoms with Crippen LogP contribution in [0.25, 0.3) is 10.9 Å². The summed E-state index contributed by atoms with van der Waals surface area (Å²) in [6, 6.07) is 11.6. The monoisotopic (exact) mass is 395 g/mol. The molecule has 5 nitrogen and oxygen atoms in total. The maximum atomic E-state index is 5.35. The predicted molar refractivity (Wildman–Crippen MR) is 97.3 cm³/mol. The van der Waals surface area contributed by atoms with E-state index in [1.54, 1.807) is 14.2 Å². The molecule has 120 valence electrons. The average molecular weight is 397 g/mol. The Balaban J connectivity index is 0.00000192. The molecule has 7 heteroatoms. The van der Waals surface area contributed by atoms with Crippen molar-refractivity contribution in [2.45, 2.75) is 0 Å². The molecule has 0 aliphatic rings. The number of anilines is 2. The molecular weight excluding hydrogens is 382 g/mol. The number of fused-ring (bicyclic) bond motifs is 1. The number of ether oxygens (including phenoxy) is 2. The normalized spacial score (nSPS) is 10.0. The summed E-state index contributed by atoms with van der Waals surface area (Å²) in [6.07, 6.45) is 1.52. The van der Waals surface area contributed by atoms with Gasteiger partial charge in [-0.25, -0.2) is 9.97 Å². The molecule has 0 aliphatic carbocycles. The Morgan fingerprint density at radius 2 is 1.61 bits per heavy atom. The zero-order chi connectivity index (χ0) is 15.5. The maximum Gasteiger partial charge on any atom is 0.162 e. The highest BCUT2D eigenvalue weighted by atomic mass is 79.9. The van der Waals surface area contributed by atoms with Gasteiger partial charge >= 0.3 is 0 Å². The van der Waals surface area contributed by atoms with E-state index < -0.39 is 0 Å². The van der Waals surface area contributed by atoms with Gasteiger partial charge in [-0.05, 0) is 30.3 Å². The van der Waals surface area contributed by atoms with Crippen LogP contribution in [0.2, 0.25) is 0 Å². The van der Waals surface area contributed by atoms with E-state index in [4.69, 9.17) is 9.47 Å². The Bertz CT molecular complexity index is 812. The maximum absolute atomic E-state index is 5.35. The number of methoxy groups -OCH3 is 2. The molecule has 0 bridgehead atoms. The van der Waals surface area contributed by atoms with Gasteiger partial charge in [-0.2, -0.15) is 0 Å². The van der Waals surface area contributed by atoms with Crippen LogP contribution in [-0.2, 0) is 0 Å². The van der Waals surface area contributed by atoms with Gasteiger partial charge in [0, 0.05) is 21.6 Å². The number of hydrogen-bond acceptors (Lipinski definition) is 5. The minimum atomic E-state index is 0. The standard InChI is InChI=1S/C16H14BrN3O2.ClH/c1-21-14-7-12-13(8-15(14)22-2)18-9-19-16(12)20-11-5-3-10(17)4-6-11;/h3-9H,1-2H3,(H,18,19,20);1H. The predicted octanol–water partition coefficient (Wildman–Crippen LogP) is 4.57. The third-order valence-corrected chi connectivity index (χ3v) is 3.78. The summed E-state index contributed by atoms with van der Waals surface area (Å²) in [5.41, 5.74) is 1.73. The summed E-state index contributed by atoms with van der Waals surface area (Å²) in [5, 5.41) is 4.16. The molecule has 1 heterocycles. The average Bonchev–Trinajstić information content (AvgIpc) is 2.56. The Morgan fingerprint density at radius 1 is 0.957 bits per heavy atom. The van der Waals surface area contributed by atoms with Crippen molar-refractivity contribution in [3.63, 3.8) is 0 Å². The molecule has 0 unspecified atom stereocenters. The zero-order valence-corrected chi connectivity index (χ0v) is 14.9. The van der Waals surface area contributed by atoms with Crippen molar-refractivity contribution in [3.05, 3.63) is 47.2 Å². The molecule has 0 atom stereocenters. The largest absolute Gasteiger partial charge is 0.493 e. The first kappa shape index (κ1) is 17.3. The van der Waals surface area contributed by atoms with E-state index in [0.717, 1.165) is 21.1 Å². The van der Waals surface area contributed by atoms with E-state index in [1.165, 1.54) is 6.33 Å². The number of aromatic nitrogens is 2. The van der Waals surface area contributed by atoms with Crippen LogP contribution in [0.15, 0.2) is 47.2 Å². The van der Waals surface area contributed by atoms with Crippen molar-refractivity contribution >= 4 is 50.7 Å². The summed E-state index contributed by atoms with van der Waals surface area (Å²) >= 11 is 3.42. The topological polar surface area (TPSA) is 56.3 Å². The van der Waals surface area contributed by atoms with Crippen molar-refractivity contribution in [1.82, 2.24) is 9.97 Å². The van der Waals surface area contributed by atoms with E-state index >= 15 is 0 Å². The van der Waals surface area contributed by atoms with E-state index in [0.29, 0.717) is 17.3 Å². The lowest BCUT2D eigenvalue weighted by Crippen LogP contribution is -1.97. The first-order chi connectivity index (χ1) is 10.7. The molecule has 3 aromatic rings. The molecule has 2 aromatic carbocycles. The highest BCUT2D eigenvalue weighted by Gasteiger charge is 2.11. The number of benzene rings is 2. The van der Waals surface area contributed by atoms with Crippen molar-refractivity contribution < 1.29 is 9.47 Å². The van der Waals surface area contributed by atoms with Gasteiger partial charge in [0.25, 0.3) is 0 Å². The molecular formula is C16H15BrClN3O2. The van der Waals surface area contributed by atoms with Gasteiger partial charge in [0.15, 0.2) is 11.5 Å². The Labute approximate surface area is 148 Å². The van der Waals surface area contributed by atoms with Crippen LogP contribution in [-0.4, -0.2) is 24.2 Å². The number of hydrogen-bond donors (Lipinski definition) is 1. The fourth-order valence-corrected chi connectivity index (χ4v) is 2.42. The lowest BCUT2D eigenvalue weighted by Gasteiger charge is -2.12. The second kappa shape index (κ2) is 7.48. The second-order valence-corrected chi connectivity index (χ2v) is 5.49. The van der Waals surface area contributed by atoms with Gasteiger partial charge in [-0.1, -0.05) is 15.9 Å². The van der Waals surface area contributed by atoms with E-state index in [2.05, 4.69) is 31.2 Å². The number of halogens is 2. The van der Waals surface area contributed by atoms with Crippen molar-refractivity contribution in [1.29, 1.82) is 0 Å². The van der Waals surface area contributed by atoms with Gasteiger partial charge < -0.3 is 14.8 Å². The first-order valence-corrected chi connectivity index (χ1v) is 7.40. The lowest BCUT2D eigenvalue weighted by molar-refractivity contribution is 0.356. The molecule has 0 saturated heterocycles. The molecule has 1 N–H and O–H groups in total. The van der Waals surface area contributed by atoms with Crippen LogP contribution < -0.4 is 14.8 Å². The van der Waals surface area contributed by atoms with E-state index in [9.17, 15) is 0 Å². The van der Waals surface area contributed by atoms with Crippen molar-refractivity contribution in [2.75, 3.05) is 19.5 Å². The molecule has 0 fully saturated rings. The van der Waals surface area contributed by atoms with E-state index in [1.807, 2.05) is 36.4 Å². The van der Waals surface area contributed by atoms with Gasteiger partial charge in [-0.3, -0.25) is 0 Å². The van der Waals surface area contributed by atoms with E-state index in [-0.39, 0.29) is 12.4 Å². The van der Waals surface area contributed by atoms with Gasteiger partial charge in [-0.15, -0.1) is 12.4 Å². The number of nitrogens with zero attached hydrogens (tertiary/aromatic N) is 2. The summed E-state index contributed by atoms with van der Waals surface area (Å²) in [4.78, 5) is 8.61. The molecule has 23 heavy (non-hydrogen) atoms. The Kier molecular flexibility index (Phi) is 5.63. The Hall–Kier alpha value is -2.05. The second-order valence-electron chi connectivity index (χ2n) is 4.58. The SMILES string of the molecule is COc1cc2ncnc(Nc3ccc(Br)cc3)c2cc1OC.Cl. The highest BCUT2D eigenvalue weighted by molar-refractivity contribution is 9.10. The minimum absolute atomic E-state index is 0. The number of nitrogens with one attached hydrogen (secondary N) is 1. The highest BCUT2D eigenvalue weighted by Crippen LogP contribution is 2.34. The molecule has 0 saturated carbocycles. The number of rotatable bonds is 4. The van der Waals surface area contributed by atoms with Crippen LogP contribution in [0.4, 0.5) is 11.5 Å². The minimum Gasteiger partial charge on any atom is -0.493 e. The summed E-state index contributed by atoms with van der Waals surface area (Å²) < 4.78 is 11.7. The third-order valence-electron chi connectivity index (χ3n) is 3.25. The van der Waals surface area contributed by atoms with Crippen LogP contribution in [0, 0.1) is 0 Å². The van der Waals surface area contributed by atoms with Gasteiger partial charge in [0.05, 0.1) is 19.7 Å². The van der Waals surface area contributed by atoms with Crippen LogP contribution >= 0.6 is 28.3 Å². The zero-order valence-electron chi connectivity index (χ0n) is 12.5.